The first-order chi connectivity index (χ1) is 13.3. The number of nitro benzene ring substituents is 1. The number of sulfonamides is 1. The van der Waals surface area contributed by atoms with Gasteiger partial charge in [0.05, 0.1) is 15.9 Å². The highest BCUT2D eigenvalue weighted by Gasteiger charge is 2.23. The van der Waals surface area contributed by atoms with Crippen molar-refractivity contribution in [1.82, 2.24) is 9.62 Å². The average Bonchev–Trinajstić information content (AvgIpc) is 2.71. The fourth-order valence-corrected chi connectivity index (χ4v) is 3.85. The van der Waals surface area contributed by atoms with Gasteiger partial charge in [-0.15, -0.1) is 0 Å². The zero-order valence-electron chi connectivity index (χ0n) is 16.3. The first kappa shape index (κ1) is 21.8. The van der Waals surface area contributed by atoms with Crippen molar-refractivity contribution in [3.05, 3.63) is 64.2 Å². The Morgan fingerprint density at radius 3 is 2.29 bits per heavy atom. The molecule has 0 saturated heterocycles. The van der Waals surface area contributed by atoms with Crippen LogP contribution < -0.4 is 10.0 Å². The van der Waals surface area contributed by atoms with Crippen molar-refractivity contribution in [2.75, 3.05) is 32.0 Å². The lowest BCUT2D eigenvalue weighted by Crippen LogP contribution is -2.33. The van der Waals surface area contributed by atoms with E-state index in [0.29, 0.717) is 6.54 Å². The van der Waals surface area contributed by atoms with Crippen molar-refractivity contribution in [3.8, 4) is 0 Å². The van der Waals surface area contributed by atoms with E-state index in [1.165, 1.54) is 19.2 Å². The van der Waals surface area contributed by atoms with Gasteiger partial charge < -0.3 is 5.32 Å². The summed E-state index contributed by atoms with van der Waals surface area (Å²) in [6.07, 6.45) is 0. The van der Waals surface area contributed by atoms with Gasteiger partial charge in [0, 0.05) is 12.6 Å². The molecule has 9 heteroatoms. The van der Waals surface area contributed by atoms with Crippen LogP contribution in [0, 0.1) is 10.1 Å². The average molecular weight is 407 g/mol. The normalized spacial score (nSPS) is 12.7. The lowest BCUT2D eigenvalue weighted by atomic mass is 10.0. The van der Waals surface area contributed by atoms with Crippen molar-refractivity contribution < 1.29 is 13.3 Å². The summed E-state index contributed by atoms with van der Waals surface area (Å²) < 4.78 is 26.1. The second kappa shape index (κ2) is 9.63. The number of nitrogens with one attached hydrogen (secondary N) is 2. The molecule has 0 aliphatic rings. The van der Waals surface area contributed by atoms with Crippen LogP contribution >= 0.6 is 0 Å². The Hall–Kier alpha value is -2.49. The first-order valence-electron chi connectivity index (χ1n) is 9.08. The minimum absolute atomic E-state index is 0.0246. The summed E-state index contributed by atoms with van der Waals surface area (Å²) in [6.45, 7) is 6.25. The molecule has 0 spiro atoms. The van der Waals surface area contributed by atoms with Gasteiger partial charge in [-0.05, 0) is 37.8 Å². The van der Waals surface area contributed by atoms with Crippen LogP contribution in [0.2, 0.25) is 0 Å². The molecule has 2 N–H and O–H groups in total. The molecule has 0 aliphatic carbocycles. The second-order valence-electron chi connectivity index (χ2n) is 6.17. The number of benzene rings is 2. The second-order valence-corrected chi connectivity index (χ2v) is 8.06. The number of likely N-dealkylation sites (N-methyl/N-ethyl adjacent to an activating group) is 1. The summed E-state index contributed by atoms with van der Waals surface area (Å²) >= 11 is 0. The molecule has 0 aliphatic heterocycles. The SMILES string of the molecule is CCN(CC)[C@H](CNc1ccc(S(=O)(=O)NC)cc1[N+](=O)[O-])c1ccccc1. The molecular weight excluding hydrogens is 380 g/mol. The molecule has 0 aromatic heterocycles. The van der Waals surface area contributed by atoms with Crippen LogP contribution in [-0.2, 0) is 10.0 Å². The Morgan fingerprint density at radius 1 is 1.11 bits per heavy atom. The van der Waals surface area contributed by atoms with E-state index in [2.05, 4.69) is 28.8 Å². The minimum Gasteiger partial charge on any atom is -0.378 e. The van der Waals surface area contributed by atoms with Crippen molar-refractivity contribution in [2.24, 2.45) is 0 Å². The van der Waals surface area contributed by atoms with Crippen LogP contribution in [0.1, 0.15) is 25.5 Å². The summed E-state index contributed by atoms with van der Waals surface area (Å²) in [5.74, 6) is 0. The maximum absolute atomic E-state index is 11.9. The van der Waals surface area contributed by atoms with E-state index in [4.69, 9.17) is 0 Å². The van der Waals surface area contributed by atoms with Crippen LogP contribution in [0.3, 0.4) is 0 Å². The maximum atomic E-state index is 11.9. The zero-order valence-corrected chi connectivity index (χ0v) is 17.1. The molecule has 0 unspecified atom stereocenters. The fourth-order valence-electron chi connectivity index (χ4n) is 3.10. The third kappa shape index (κ3) is 5.06. The Morgan fingerprint density at radius 2 is 1.75 bits per heavy atom. The molecule has 2 rings (SSSR count). The highest BCUT2D eigenvalue weighted by molar-refractivity contribution is 7.89. The van der Waals surface area contributed by atoms with E-state index >= 15 is 0 Å². The Balaban J connectivity index is 2.33. The molecule has 0 heterocycles. The lowest BCUT2D eigenvalue weighted by Gasteiger charge is -2.30. The molecule has 8 nitrogen and oxygen atoms in total. The molecule has 0 amide bonds. The molecular formula is C19H26N4O4S. The topological polar surface area (TPSA) is 105 Å². The quantitative estimate of drug-likeness (QED) is 0.464. The summed E-state index contributed by atoms with van der Waals surface area (Å²) in [4.78, 5) is 13.0. The van der Waals surface area contributed by atoms with Gasteiger partial charge in [0.15, 0.2) is 0 Å². The number of hydrogen-bond acceptors (Lipinski definition) is 6. The Kier molecular flexibility index (Phi) is 7.50. The highest BCUT2D eigenvalue weighted by atomic mass is 32.2. The van der Waals surface area contributed by atoms with Gasteiger partial charge in [-0.25, -0.2) is 13.1 Å². The van der Waals surface area contributed by atoms with Gasteiger partial charge >= 0.3 is 0 Å². The zero-order chi connectivity index (χ0) is 20.7. The molecule has 2 aromatic rings. The largest absolute Gasteiger partial charge is 0.378 e. The predicted molar refractivity (Wildman–Crippen MR) is 110 cm³/mol. The number of anilines is 1. The van der Waals surface area contributed by atoms with Gasteiger partial charge in [0.25, 0.3) is 5.69 Å². The van der Waals surface area contributed by atoms with E-state index in [1.54, 1.807) is 0 Å². The number of nitrogens with zero attached hydrogens (tertiary/aromatic N) is 2. The molecule has 1 atom stereocenters. The van der Waals surface area contributed by atoms with E-state index in [9.17, 15) is 18.5 Å². The van der Waals surface area contributed by atoms with Gasteiger partial charge in [0.1, 0.15) is 5.69 Å². The van der Waals surface area contributed by atoms with Crippen molar-refractivity contribution in [3.63, 3.8) is 0 Å². The van der Waals surface area contributed by atoms with E-state index in [0.717, 1.165) is 24.7 Å². The molecule has 28 heavy (non-hydrogen) atoms. The first-order valence-corrected chi connectivity index (χ1v) is 10.6. The van der Waals surface area contributed by atoms with Gasteiger partial charge in [0.2, 0.25) is 10.0 Å². The van der Waals surface area contributed by atoms with Gasteiger partial charge in [-0.3, -0.25) is 15.0 Å². The summed E-state index contributed by atoms with van der Waals surface area (Å²) in [5.41, 5.74) is 1.12. The van der Waals surface area contributed by atoms with Gasteiger partial charge in [-0.2, -0.15) is 0 Å². The molecule has 0 fully saturated rings. The molecule has 0 bridgehead atoms. The third-order valence-electron chi connectivity index (χ3n) is 4.67. The summed E-state index contributed by atoms with van der Waals surface area (Å²) in [6, 6.07) is 13.8. The monoisotopic (exact) mass is 406 g/mol. The summed E-state index contributed by atoms with van der Waals surface area (Å²) in [5, 5.41) is 14.6. The number of nitro groups is 1. The summed E-state index contributed by atoms with van der Waals surface area (Å²) in [7, 11) is -2.49. The van der Waals surface area contributed by atoms with Crippen molar-refractivity contribution >= 4 is 21.4 Å². The van der Waals surface area contributed by atoms with E-state index in [1.807, 2.05) is 30.3 Å². The van der Waals surface area contributed by atoms with Crippen molar-refractivity contribution in [2.45, 2.75) is 24.8 Å². The molecule has 0 radical (unpaired) electrons. The smallest absolute Gasteiger partial charge is 0.293 e. The standard InChI is InChI=1S/C19H26N4O4S/c1-4-22(5-2)19(15-9-7-6-8-10-15)14-21-17-12-11-16(28(26,27)20-3)13-18(17)23(24)25/h6-13,19-21H,4-5,14H2,1-3H3/t19-/m1/s1. The van der Waals surface area contributed by atoms with E-state index in [-0.39, 0.29) is 22.3 Å². The Bertz CT molecular complexity index is 899. The molecule has 152 valence electrons. The van der Waals surface area contributed by atoms with Gasteiger partial charge in [-0.1, -0.05) is 44.2 Å². The number of rotatable bonds is 10. The maximum Gasteiger partial charge on any atom is 0.293 e. The fraction of sp³-hybridized carbons (Fsp3) is 0.368. The van der Waals surface area contributed by atoms with Crippen LogP contribution in [0.4, 0.5) is 11.4 Å². The van der Waals surface area contributed by atoms with Crippen LogP contribution in [-0.4, -0.2) is 44.9 Å². The predicted octanol–water partition coefficient (Wildman–Crippen LogP) is 3.00. The lowest BCUT2D eigenvalue weighted by molar-refractivity contribution is -0.384. The molecule has 2 aromatic carbocycles. The molecule has 0 saturated carbocycles. The Labute approximate surface area is 165 Å². The third-order valence-corrected chi connectivity index (χ3v) is 6.08. The highest BCUT2D eigenvalue weighted by Crippen LogP contribution is 2.29. The van der Waals surface area contributed by atoms with Crippen LogP contribution in [0.5, 0.6) is 0 Å². The minimum atomic E-state index is -3.76. The van der Waals surface area contributed by atoms with E-state index < -0.39 is 14.9 Å². The van der Waals surface area contributed by atoms with Crippen molar-refractivity contribution in [1.29, 1.82) is 0 Å². The van der Waals surface area contributed by atoms with Crippen LogP contribution in [0.15, 0.2) is 53.4 Å². The van der Waals surface area contributed by atoms with Crippen LogP contribution in [0.25, 0.3) is 0 Å². The number of hydrogen-bond donors (Lipinski definition) is 2.